The van der Waals surface area contributed by atoms with Crippen molar-refractivity contribution in [1.82, 2.24) is 20.4 Å². The first-order chi connectivity index (χ1) is 11.7. The Kier molecular flexibility index (Phi) is 5.53. The number of aromatic nitrogens is 2. The van der Waals surface area contributed by atoms with E-state index in [0.29, 0.717) is 16.6 Å². The van der Waals surface area contributed by atoms with E-state index in [9.17, 15) is 4.79 Å². The second-order valence-electron chi connectivity index (χ2n) is 6.22. The van der Waals surface area contributed by atoms with Gasteiger partial charge in [-0.05, 0) is 50.0 Å². The second-order valence-corrected chi connectivity index (χ2v) is 6.65. The summed E-state index contributed by atoms with van der Waals surface area (Å²) in [7, 11) is 0. The first kappa shape index (κ1) is 17.0. The van der Waals surface area contributed by atoms with Crippen LogP contribution in [0.5, 0.6) is 0 Å². The number of nitrogens with one attached hydrogen (secondary N) is 2. The van der Waals surface area contributed by atoms with Gasteiger partial charge >= 0.3 is 0 Å². The third-order valence-electron chi connectivity index (χ3n) is 4.53. The van der Waals surface area contributed by atoms with Gasteiger partial charge in [0.1, 0.15) is 5.69 Å². The highest BCUT2D eigenvalue weighted by molar-refractivity contribution is 6.30. The number of carbonyl (C=O) groups excluding carboxylic acids is 1. The van der Waals surface area contributed by atoms with E-state index in [2.05, 4.69) is 22.4 Å². The van der Waals surface area contributed by atoms with Gasteiger partial charge in [0.15, 0.2) is 0 Å². The highest BCUT2D eigenvalue weighted by Crippen LogP contribution is 2.22. The summed E-state index contributed by atoms with van der Waals surface area (Å²) >= 11 is 5.91. The molecule has 0 atom stereocenters. The molecule has 1 saturated heterocycles. The zero-order chi connectivity index (χ0) is 16.9. The standard InChI is InChI=1S/C18H23ClN4O/c1-2-20-12-13-7-9-23(10-8-13)18(24)17-11-16(21-22-17)14-3-5-15(19)6-4-14/h3-6,11,13,20H,2,7-10,12H2,1H3,(H,21,22). The molecule has 1 aromatic heterocycles. The van der Waals surface area contributed by atoms with Crippen molar-refractivity contribution in [1.29, 1.82) is 0 Å². The van der Waals surface area contributed by atoms with Crippen LogP contribution in [0.3, 0.4) is 0 Å². The van der Waals surface area contributed by atoms with Crippen molar-refractivity contribution >= 4 is 17.5 Å². The van der Waals surface area contributed by atoms with Crippen LogP contribution in [0, 0.1) is 5.92 Å². The fraction of sp³-hybridized carbons (Fsp3) is 0.444. The quantitative estimate of drug-likeness (QED) is 0.874. The van der Waals surface area contributed by atoms with E-state index in [1.54, 1.807) is 0 Å². The van der Waals surface area contributed by atoms with Gasteiger partial charge in [0.05, 0.1) is 5.69 Å². The molecule has 0 saturated carbocycles. The number of hydrogen-bond acceptors (Lipinski definition) is 3. The number of halogens is 1. The molecule has 1 amide bonds. The van der Waals surface area contributed by atoms with Crippen LogP contribution in [0.25, 0.3) is 11.3 Å². The molecule has 0 radical (unpaired) electrons. The van der Waals surface area contributed by atoms with Crippen LogP contribution >= 0.6 is 11.6 Å². The molecule has 1 aromatic carbocycles. The van der Waals surface area contributed by atoms with Crippen molar-refractivity contribution in [3.63, 3.8) is 0 Å². The largest absolute Gasteiger partial charge is 0.337 e. The van der Waals surface area contributed by atoms with Crippen LogP contribution < -0.4 is 5.32 Å². The molecular weight excluding hydrogens is 324 g/mol. The third kappa shape index (κ3) is 3.97. The first-order valence-electron chi connectivity index (χ1n) is 8.48. The normalized spacial score (nSPS) is 15.7. The number of H-pyrrole nitrogens is 1. The molecular formula is C18H23ClN4O. The second kappa shape index (κ2) is 7.81. The van der Waals surface area contributed by atoms with Crippen molar-refractivity contribution < 1.29 is 4.79 Å². The lowest BCUT2D eigenvalue weighted by Crippen LogP contribution is -2.40. The fourth-order valence-corrected chi connectivity index (χ4v) is 3.18. The summed E-state index contributed by atoms with van der Waals surface area (Å²) < 4.78 is 0. The van der Waals surface area contributed by atoms with Gasteiger partial charge in [-0.15, -0.1) is 0 Å². The Morgan fingerprint density at radius 2 is 2.04 bits per heavy atom. The molecule has 2 heterocycles. The molecule has 3 rings (SSSR count). The number of aromatic amines is 1. The SMILES string of the molecule is CCNCC1CCN(C(=O)c2cc(-c3ccc(Cl)cc3)n[nH]2)CC1. The maximum absolute atomic E-state index is 12.6. The number of hydrogen-bond donors (Lipinski definition) is 2. The summed E-state index contributed by atoms with van der Waals surface area (Å²) in [6.45, 7) is 5.79. The lowest BCUT2D eigenvalue weighted by Gasteiger charge is -2.31. The smallest absolute Gasteiger partial charge is 0.271 e. The summed E-state index contributed by atoms with van der Waals surface area (Å²) in [5.74, 6) is 0.699. The molecule has 2 N–H and O–H groups in total. The van der Waals surface area contributed by atoms with Crippen molar-refractivity contribution in [3.05, 3.63) is 41.0 Å². The van der Waals surface area contributed by atoms with E-state index < -0.39 is 0 Å². The predicted molar refractivity (Wildman–Crippen MR) is 96.2 cm³/mol. The zero-order valence-electron chi connectivity index (χ0n) is 13.9. The van der Waals surface area contributed by atoms with E-state index in [1.165, 1.54) is 0 Å². The highest BCUT2D eigenvalue weighted by atomic mass is 35.5. The van der Waals surface area contributed by atoms with Crippen molar-refractivity contribution in [3.8, 4) is 11.3 Å². The van der Waals surface area contributed by atoms with Gasteiger partial charge in [-0.3, -0.25) is 9.89 Å². The number of benzene rings is 1. The lowest BCUT2D eigenvalue weighted by atomic mass is 9.96. The highest BCUT2D eigenvalue weighted by Gasteiger charge is 2.24. The van der Waals surface area contributed by atoms with Crippen LogP contribution in [-0.2, 0) is 0 Å². The molecule has 24 heavy (non-hydrogen) atoms. The molecule has 0 bridgehead atoms. The van der Waals surface area contributed by atoms with E-state index in [4.69, 9.17) is 11.6 Å². The van der Waals surface area contributed by atoms with Gasteiger partial charge in [0.2, 0.25) is 0 Å². The van der Waals surface area contributed by atoms with Crippen LogP contribution in [0.1, 0.15) is 30.3 Å². The number of likely N-dealkylation sites (tertiary alicyclic amines) is 1. The van der Waals surface area contributed by atoms with Gasteiger partial charge in [0.25, 0.3) is 5.91 Å². The van der Waals surface area contributed by atoms with Crippen LogP contribution in [0.15, 0.2) is 30.3 Å². The predicted octanol–water partition coefficient (Wildman–Crippen LogP) is 3.19. The lowest BCUT2D eigenvalue weighted by molar-refractivity contribution is 0.0684. The summed E-state index contributed by atoms with van der Waals surface area (Å²) in [6.07, 6.45) is 2.10. The van der Waals surface area contributed by atoms with Gasteiger partial charge in [-0.25, -0.2) is 0 Å². The average molecular weight is 347 g/mol. The van der Waals surface area contributed by atoms with Crippen LogP contribution in [0.2, 0.25) is 5.02 Å². The Morgan fingerprint density at radius 1 is 1.33 bits per heavy atom. The van der Waals surface area contributed by atoms with Gasteiger partial charge in [0, 0.05) is 23.7 Å². The summed E-state index contributed by atoms with van der Waals surface area (Å²) in [5.41, 5.74) is 2.25. The minimum atomic E-state index is 0.0321. The van der Waals surface area contributed by atoms with Crippen LogP contribution in [-0.4, -0.2) is 47.2 Å². The Hall–Kier alpha value is -1.85. The van der Waals surface area contributed by atoms with Gasteiger partial charge in [-0.1, -0.05) is 30.7 Å². The fourth-order valence-electron chi connectivity index (χ4n) is 3.06. The summed E-state index contributed by atoms with van der Waals surface area (Å²) in [6, 6.07) is 9.26. The summed E-state index contributed by atoms with van der Waals surface area (Å²) in [5, 5.41) is 11.2. The molecule has 0 unspecified atom stereocenters. The first-order valence-corrected chi connectivity index (χ1v) is 8.86. The van der Waals surface area contributed by atoms with E-state index >= 15 is 0 Å². The summed E-state index contributed by atoms with van der Waals surface area (Å²) in [4.78, 5) is 14.6. The van der Waals surface area contributed by atoms with E-state index in [-0.39, 0.29) is 5.91 Å². The van der Waals surface area contributed by atoms with E-state index in [1.807, 2.05) is 35.2 Å². The molecule has 0 spiro atoms. The zero-order valence-corrected chi connectivity index (χ0v) is 14.6. The van der Waals surface area contributed by atoms with Crippen molar-refractivity contribution in [2.75, 3.05) is 26.2 Å². The van der Waals surface area contributed by atoms with Crippen LogP contribution in [0.4, 0.5) is 0 Å². The van der Waals surface area contributed by atoms with Gasteiger partial charge in [-0.2, -0.15) is 5.10 Å². The topological polar surface area (TPSA) is 61.0 Å². The Bertz CT molecular complexity index is 675. The van der Waals surface area contributed by atoms with E-state index in [0.717, 1.165) is 50.3 Å². The number of piperidine rings is 1. The Labute approximate surface area is 147 Å². The van der Waals surface area contributed by atoms with Crippen molar-refractivity contribution in [2.24, 2.45) is 5.92 Å². The molecule has 2 aromatic rings. The number of amides is 1. The molecule has 1 aliphatic heterocycles. The van der Waals surface area contributed by atoms with Gasteiger partial charge < -0.3 is 10.2 Å². The Balaban J connectivity index is 1.61. The minimum absolute atomic E-state index is 0.0321. The monoisotopic (exact) mass is 346 g/mol. The molecule has 128 valence electrons. The molecule has 1 aliphatic rings. The molecule has 1 fully saturated rings. The number of nitrogens with zero attached hydrogens (tertiary/aromatic N) is 2. The maximum Gasteiger partial charge on any atom is 0.271 e. The third-order valence-corrected chi connectivity index (χ3v) is 4.78. The molecule has 5 nitrogen and oxygen atoms in total. The average Bonchev–Trinajstić information content (AvgIpc) is 3.10. The van der Waals surface area contributed by atoms with Crippen molar-refractivity contribution in [2.45, 2.75) is 19.8 Å². The minimum Gasteiger partial charge on any atom is -0.337 e. The maximum atomic E-state index is 12.6. The molecule has 0 aliphatic carbocycles. The molecule has 6 heteroatoms. The number of rotatable bonds is 5. The number of carbonyl (C=O) groups is 1. The Morgan fingerprint density at radius 3 is 2.71 bits per heavy atom.